The maximum atomic E-state index is 12.4. The maximum Gasteiger partial charge on any atom is 0.257 e. The molecule has 2 N–H and O–H groups in total. The molecule has 0 bridgehead atoms. The highest BCUT2D eigenvalue weighted by atomic mass is 32.2. The standard InChI is InChI=1S/C17H13N3O3S3/c1-2-8-18-26(22,23)13-6-3-5-12(10-13)16(21)20-17-19-14(11-25-17)15-7-4-9-24-15/h1,3-7,9-11,18H,8H2,(H,19,20,21). The van der Waals surface area contributed by atoms with E-state index in [4.69, 9.17) is 6.42 Å². The first-order valence-corrected chi connectivity index (χ1v) is 10.6. The number of thiophene rings is 1. The molecule has 0 atom stereocenters. The Labute approximate surface area is 159 Å². The third-order valence-corrected chi connectivity index (χ3v) is 6.32. The van der Waals surface area contributed by atoms with Gasteiger partial charge in [-0.3, -0.25) is 10.1 Å². The highest BCUT2D eigenvalue weighted by molar-refractivity contribution is 7.89. The van der Waals surface area contributed by atoms with Gasteiger partial charge in [0.05, 0.1) is 22.0 Å². The largest absolute Gasteiger partial charge is 0.298 e. The number of amides is 1. The molecule has 0 saturated heterocycles. The summed E-state index contributed by atoms with van der Waals surface area (Å²) in [4.78, 5) is 17.8. The quantitative estimate of drug-likeness (QED) is 0.619. The number of terminal acetylenes is 1. The molecule has 0 radical (unpaired) electrons. The first-order chi connectivity index (χ1) is 12.5. The van der Waals surface area contributed by atoms with Crippen LogP contribution in [-0.4, -0.2) is 25.9 Å². The molecule has 1 aromatic carbocycles. The lowest BCUT2D eigenvalue weighted by Crippen LogP contribution is -2.24. The number of rotatable bonds is 6. The van der Waals surface area contributed by atoms with Gasteiger partial charge in [0.15, 0.2) is 5.13 Å². The molecule has 132 valence electrons. The summed E-state index contributed by atoms with van der Waals surface area (Å²) >= 11 is 2.86. The summed E-state index contributed by atoms with van der Waals surface area (Å²) < 4.78 is 26.5. The van der Waals surface area contributed by atoms with E-state index in [9.17, 15) is 13.2 Å². The first-order valence-electron chi connectivity index (χ1n) is 7.33. The normalized spacial score (nSPS) is 11.0. The zero-order valence-electron chi connectivity index (χ0n) is 13.3. The molecule has 0 aliphatic rings. The van der Waals surface area contributed by atoms with E-state index in [2.05, 4.69) is 20.9 Å². The predicted molar refractivity (Wildman–Crippen MR) is 104 cm³/mol. The summed E-state index contributed by atoms with van der Waals surface area (Å²) in [6.07, 6.45) is 5.07. The van der Waals surface area contributed by atoms with Crippen molar-refractivity contribution in [3.8, 4) is 22.9 Å². The lowest BCUT2D eigenvalue weighted by molar-refractivity contribution is 0.102. The highest BCUT2D eigenvalue weighted by Gasteiger charge is 2.16. The van der Waals surface area contributed by atoms with E-state index in [0.717, 1.165) is 10.6 Å². The van der Waals surface area contributed by atoms with Crippen LogP contribution in [0.1, 0.15) is 10.4 Å². The van der Waals surface area contributed by atoms with E-state index in [0.29, 0.717) is 5.13 Å². The Morgan fingerprint density at radius 3 is 2.81 bits per heavy atom. The molecular weight excluding hydrogens is 390 g/mol. The van der Waals surface area contributed by atoms with E-state index in [1.807, 2.05) is 22.9 Å². The Morgan fingerprint density at radius 1 is 1.23 bits per heavy atom. The van der Waals surface area contributed by atoms with Crippen LogP contribution in [0.5, 0.6) is 0 Å². The Hall–Kier alpha value is -2.51. The second kappa shape index (κ2) is 7.80. The van der Waals surface area contributed by atoms with Crippen molar-refractivity contribution < 1.29 is 13.2 Å². The van der Waals surface area contributed by atoms with Gasteiger partial charge in [-0.1, -0.05) is 18.1 Å². The van der Waals surface area contributed by atoms with Crippen LogP contribution in [0.3, 0.4) is 0 Å². The molecular formula is C17H13N3O3S3. The number of hydrogen-bond acceptors (Lipinski definition) is 6. The Kier molecular flexibility index (Phi) is 5.49. The van der Waals surface area contributed by atoms with Crippen LogP contribution in [0.4, 0.5) is 5.13 Å². The number of nitrogens with one attached hydrogen (secondary N) is 2. The van der Waals surface area contributed by atoms with E-state index in [-0.39, 0.29) is 17.0 Å². The van der Waals surface area contributed by atoms with Crippen molar-refractivity contribution in [2.45, 2.75) is 4.90 Å². The molecule has 0 spiro atoms. The number of benzene rings is 1. The third-order valence-electron chi connectivity index (χ3n) is 3.27. The monoisotopic (exact) mass is 403 g/mol. The van der Waals surface area contributed by atoms with E-state index < -0.39 is 15.9 Å². The van der Waals surface area contributed by atoms with Crippen LogP contribution in [0.2, 0.25) is 0 Å². The van der Waals surface area contributed by atoms with Gasteiger partial charge in [0.25, 0.3) is 5.91 Å². The molecule has 0 fully saturated rings. The van der Waals surface area contributed by atoms with Gasteiger partial charge in [0.2, 0.25) is 10.0 Å². The van der Waals surface area contributed by atoms with Crippen molar-refractivity contribution in [1.82, 2.24) is 9.71 Å². The van der Waals surface area contributed by atoms with Crippen LogP contribution in [-0.2, 0) is 10.0 Å². The molecule has 26 heavy (non-hydrogen) atoms. The molecule has 3 aromatic rings. The zero-order chi connectivity index (χ0) is 18.6. The number of carbonyl (C=O) groups excluding carboxylic acids is 1. The molecule has 0 saturated carbocycles. The lowest BCUT2D eigenvalue weighted by Gasteiger charge is -2.06. The first kappa shape index (κ1) is 18.3. The minimum absolute atomic E-state index is 0.0289. The smallest absolute Gasteiger partial charge is 0.257 e. The molecule has 0 aliphatic carbocycles. The van der Waals surface area contributed by atoms with Gasteiger partial charge >= 0.3 is 0 Å². The summed E-state index contributed by atoms with van der Waals surface area (Å²) in [5.74, 6) is 1.76. The number of aromatic nitrogens is 1. The Balaban J connectivity index is 1.77. The fourth-order valence-corrected chi connectivity index (χ4v) is 4.51. The molecule has 9 heteroatoms. The molecule has 2 aromatic heterocycles. The summed E-state index contributed by atoms with van der Waals surface area (Å²) in [5, 5.41) is 6.93. The van der Waals surface area contributed by atoms with Gasteiger partial charge < -0.3 is 0 Å². The van der Waals surface area contributed by atoms with Gasteiger partial charge in [-0.15, -0.1) is 29.1 Å². The third kappa shape index (κ3) is 4.17. The van der Waals surface area contributed by atoms with Crippen LogP contribution in [0.15, 0.2) is 52.1 Å². The second-order valence-electron chi connectivity index (χ2n) is 5.03. The molecule has 1 amide bonds. The average molecular weight is 404 g/mol. The van der Waals surface area contributed by atoms with Crippen molar-refractivity contribution in [2.75, 3.05) is 11.9 Å². The number of nitrogens with zero attached hydrogens (tertiary/aromatic N) is 1. The summed E-state index contributed by atoms with van der Waals surface area (Å²) in [6.45, 7) is -0.122. The van der Waals surface area contributed by atoms with Crippen LogP contribution in [0, 0.1) is 12.3 Å². The molecule has 3 rings (SSSR count). The fraction of sp³-hybridized carbons (Fsp3) is 0.0588. The number of carbonyl (C=O) groups is 1. The van der Waals surface area contributed by atoms with Crippen molar-refractivity contribution in [3.63, 3.8) is 0 Å². The molecule has 2 heterocycles. The van der Waals surface area contributed by atoms with Crippen molar-refractivity contribution in [1.29, 1.82) is 0 Å². The fourth-order valence-electron chi connectivity index (χ4n) is 2.06. The van der Waals surface area contributed by atoms with Crippen LogP contribution < -0.4 is 10.0 Å². The summed E-state index contributed by atoms with van der Waals surface area (Å²) in [6, 6.07) is 9.60. The topological polar surface area (TPSA) is 88.2 Å². The average Bonchev–Trinajstić information content (AvgIpc) is 3.31. The second-order valence-corrected chi connectivity index (χ2v) is 8.60. The van der Waals surface area contributed by atoms with Gasteiger partial charge in [-0.2, -0.15) is 4.72 Å². The highest BCUT2D eigenvalue weighted by Crippen LogP contribution is 2.28. The van der Waals surface area contributed by atoms with Crippen LogP contribution in [0.25, 0.3) is 10.6 Å². The Bertz CT molecular complexity index is 1060. The van der Waals surface area contributed by atoms with Gasteiger partial charge in [0.1, 0.15) is 0 Å². The number of anilines is 1. The van der Waals surface area contributed by atoms with Crippen molar-refractivity contribution in [3.05, 3.63) is 52.7 Å². The lowest BCUT2D eigenvalue weighted by atomic mass is 10.2. The van der Waals surface area contributed by atoms with Crippen LogP contribution >= 0.6 is 22.7 Å². The molecule has 6 nitrogen and oxygen atoms in total. The maximum absolute atomic E-state index is 12.4. The number of hydrogen-bond donors (Lipinski definition) is 2. The van der Waals surface area contributed by atoms with Crippen molar-refractivity contribution >= 4 is 43.7 Å². The van der Waals surface area contributed by atoms with E-state index >= 15 is 0 Å². The van der Waals surface area contributed by atoms with Gasteiger partial charge in [-0.25, -0.2) is 13.4 Å². The summed E-state index contributed by atoms with van der Waals surface area (Å²) in [5.41, 5.74) is 0.997. The number of sulfonamides is 1. The minimum atomic E-state index is -3.76. The number of thiazole rings is 1. The minimum Gasteiger partial charge on any atom is -0.298 e. The zero-order valence-corrected chi connectivity index (χ0v) is 15.7. The van der Waals surface area contributed by atoms with E-state index in [1.54, 1.807) is 11.3 Å². The van der Waals surface area contributed by atoms with Gasteiger partial charge in [-0.05, 0) is 29.6 Å². The van der Waals surface area contributed by atoms with E-state index in [1.165, 1.54) is 35.6 Å². The summed E-state index contributed by atoms with van der Waals surface area (Å²) in [7, 11) is -3.76. The molecule has 0 aliphatic heterocycles. The molecule has 0 unspecified atom stereocenters. The SMILES string of the molecule is C#CCNS(=O)(=O)c1cccc(C(=O)Nc2nc(-c3cccs3)cs2)c1. The van der Waals surface area contributed by atoms with Crippen molar-refractivity contribution in [2.24, 2.45) is 0 Å². The van der Waals surface area contributed by atoms with Gasteiger partial charge in [0, 0.05) is 10.9 Å². The Morgan fingerprint density at radius 2 is 2.08 bits per heavy atom. The predicted octanol–water partition coefficient (Wildman–Crippen LogP) is 3.04.